The van der Waals surface area contributed by atoms with Crippen LogP contribution in [-0.2, 0) is 0 Å². The molecular weight excluding hydrogens is 242 g/mol. The van der Waals surface area contributed by atoms with Gasteiger partial charge in [0.1, 0.15) is 5.38 Å². The first-order chi connectivity index (χ1) is 8.00. The first kappa shape index (κ1) is 12.6. The van der Waals surface area contributed by atoms with Crippen molar-refractivity contribution in [3.63, 3.8) is 0 Å². The van der Waals surface area contributed by atoms with Crippen LogP contribution in [-0.4, -0.2) is 34.5 Å². The van der Waals surface area contributed by atoms with Gasteiger partial charge in [0.05, 0.1) is 12.1 Å². The van der Waals surface area contributed by atoms with Crippen molar-refractivity contribution in [3.8, 4) is 0 Å². The maximum absolute atomic E-state index is 10.3. The van der Waals surface area contributed by atoms with Gasteiger partial charge in [-0.1, -0.05) is 17.9 Å². The molecule has 0 amide bonds. The molecule has 0 aromatic carbocycles. The highest BCUT2D eigenvalue weighted by Gasteiger charge is 2.33. The summed E-state index contributed by atoms with van der Waals surface area (Å²) in [5, 5.41) is 17.8. The van der Waals surface area contributed by atoms with E-state index >= 15 is 0 Å². The van der Waals surface area contributed by atoms with Crippen LogP contribution in [0.1, 0.15) is 43.9 Å². The van der Waals surface area contributed by atoms with Crippen LogP contribution < -0.4 is 4.90 Å². The highest BCUT2D eigenvalue weighted by atomic mass is 35.5. The number of aromatic nitrogens is 2. The van der Waals surface area contributed by atoms with Gasteiger partial charge in [-0.15, -0.1) is 16.7 Å². The van der Waals surface area contributed by atoms with E-state index in [-0.39, 0.29) is 5.38 Å². The Bertz CT molecular complexity index is 375. The summed E-state index contributed by atoms with van der Waals surface area (Å²) in [6, 6.07) is 0.410. The molecule has 1 aliphatic carbocycles. The molecule has 6 heteroatoms. The summed E-state index contributed by atoms with van der Waals surface area (Å²) in [7, 11) is 1.84. The molecular formula is C11H18ClN3O2. The smallest absolute Gasteiger partial charge is 0.318 e. The van der Waals surface area contributed by atoms with Crippen LogP contribution in [0.3, 0.4) is 0 Å². The minimum absolute atomic E-state index is 0.292. The fourth-order valence-electron chi connectivity index (χ4n) is 2.24. The molecule has 1 unspecified atom stereocenters. The van der Waals surface area contributed by atoms with E-state index in [0.29, 0.717) is 18.5 Å². The lowest BCUT2D eigenvalue weighted by atomic mass is 10.0. The van der Waals surface area contributed by atoms with Gasteiger partial charge in [-0.05, 0) is 19.8 Å². The second-order valence-electron chi connectivity index (χ2n) is 4.83. The first-order valence-electron chi connectivity index (χ1n) is 5.91. The Morgan fingerprint density at radius 1 is 1.47 bits per heavy atom. The predicted octanol–water partition coefficient (Wildman–Crippen LogP) is 2.11. The molecule has 1 saturated carbocycles. The van der Waals surface area contributed by atoms with Gasteiger partial charge in [0.25, 0.3) is 0 Å². The van der Waals surface area contributed by atoms with Crippen LogP contribution in [0.25, 0.3) is 0 Å². The number of rotatable bonds is 4. The zero-order valence-electron chi connectivity index (χ0n) is 10.2. The third-order valence-corrected chi connectivity index (χ3v) is 3.35. The first-order valence-corrected chi connectivity index (χ1v) is 6.35. The average Bonchev–Trinajstić information content (AvgIpc) is 2.86. The zero-order valence-corrected chi connectivity index (χ0v) is 10.9. The summed E-state index contributed by atoms with van der Waals surface area (Å²) in [5.41, 5.74) is -0.615. The molecule has 1 N–H and O–H groups in total. The minimum Gasteiger partial charge on any atom is -0.406 e. The van der Waals surface area contributed by atoms with Crippen molar-refractivity contribution in [2.75, 3.05) is 18.5 Å². The lowest BCUT2D eigenvalue weighted by Crippen LogP contribution is -2.39. The fraction of sp³-hybridized carbons (Fsp3) is 0.818. The third-order valence-electron chi connectivity index (χ3n) is 3.16. The van der Waals surface area contributed by atoms with E-state index < -0.39 is 5.60 Å². The summed E-state index contributed by atoms with van der Waals surface area (Å²) < 4.78 is 5.42. The van der Waals surface area contributed by atoms with E-state index in [4.69, 9.17) is 16.0 Å². The molecule has 1 atom stereocenters. The monoisotopic (exact) mass is 259 g/mol. The molecule has 0 spiro atoms. The van der Waals surface area contributed by atoms with E-state index in [1.54, 1.807) is 11.8 Å². The predicted molar refractivity (Wildman–Crippen MR) is 65.3 cm³/mol. The van der Waals surface area contributed by atoms with Gasteiger partial charge in [-0.25, -0.2) is 0 Å². The largest absolute Gasteiger partial charge is 0.406 e. The highest BCUT2D eigenvalue weighted by molar-refractivity contribution is 6.20. The van der Waals surface area contributed by atoms with Crippen molar-refractivity contribution < 1.29 is 9.52 Å². The van der Waals surface area contributed by atoms with Crippen LogP contribution in [0, 0.1) is 0 Å². The molecule has 0 radical (unpaired) electrons. The molecule has 17 heavy (non-hydrogen) atoms. The lowest BCUT2D eigenvalue weighted by molar-refractivity contribution is 0.0549. The van der Waals surface area contributed by atoms with Crippen LogP contribution in [0.2, 0.25) is 0 Å². The quantitative estimate of drug-likeness (QED) is 0.839. The third kappa shape index (κ3) is 2.90. The Morgan fingerprint density at radius 3 is 2.65 bits per heavy atom. The van der Waals surface area contributed by atoms with Crippen LogP contribution in [0.5, 0.6) is 0 Å². The van der Waals surface area contributed by atoms with E-state index in [1.807, 2.05) is 7.05 Å². The topological polar surface area (TPSA) is 62.4 Å². The molecule has 5 nitrogen and oxygen atoms in total. The molecule has 0 aliphatic heterocycles. The van der Waals surface area contributed by atoms with Gasteiger partial charge in [0, 0.05) is 7.05 Å². The number of aliphatic hydroxyl groups is 1. The number of hydrogen-bond donors (Lipinski definition) is 1. The maximum atomic E-state index is 10.3. The van der Waals surface area contributed by atoms with Crippen molar-refractivity contribution >= 4 is 17.6 Å². The van der Waals surface area contributed by atoms with Crippen LogP contribution in [0.15, 0.2) is 4.42 Å². The minimum atomic E-state index is -0.615. The number of nitrogens with zero attached hydrogens (tertiary/aromatic N) is 3. The zero-order chi connectivity index (χ0) is 12.5. The second-order valence-corrected chi connectivity index (χ2v) is 5.48. The van der Waals surface area contributed by atoms with Gasteiger partial charge in [0.15, 0.2) is 0 Å². The van der Waals surface area contributed by atoms with Crippen LogP contribution in [0.4, 0.5) is 6.01 Å². The molecule has 1 fully saturated rings. The number of halogens is 1. The number of likely N-dealkylation sites (N-methyl/N-ethyl adjacent to an activating group) is 1. The van der Waals surface area contributed by atoms with Crippen molar-refractivity contribution in [2.24, 2.45) is 0 Å². The van der Waals surface area contributed by atoms with Crippen molar-refractivity contribution in [3.05, 3.63) is 5.89 Å². The Hall–Kier alpha value is -0.810. The normalized spacial score (nSPS) is 20.5. The number of anilines is 1. The van der Waals surface area contributed by atoms with Gasteiger partial charge in [-0.3, -0.25) is 0 Å². The molecule has 1 heterocycles. The van der Waals surface area contributed by atoms with Gasteiger partial charge < -0.3 is 14.4 Å². The average molecular weight is 260 g/mol. The van der Waals surface area contributed by atoms with Crippen molar-refractivity contribution in [2.45, 2.75) is 43.6 Å². The van der Waals surface area contributed by atoms with Crippen LogP contribution >= 0.6 is 11.6 Å². The standard InChI is InChI=1S/C11H18ClN3O2/c1-8(12)9-13-14-10(17-9)15(2)7-11(16)5-3-4-6-11/h8,16H,3-7H2,1-2H3. The Labute approximate surface area is 106 Å². The lowest BCUT2D eigenvalue weighted by Gasteiger charge is -2.27. The molecule has 0 saturated heterocycles. The van der Waals surface area contributed by atoms with E-state index in [1.165, 1.54) is 0 Å². The molecule has 1 aromatic heterocycles. The molecule has 1 aromatic rings. The molecule has 1 aliphatic rings. The van der Waals surface area contributed by atoms with Gasteiger partial charge >= 0.3 is 6.01 Å². The SMILES string of the molecule is CC(Cl)c1nnc(N(C)CC2(O)CCCC2)o1. The van der Waals surface area contributed by atoms with Crippen molar-refractivity contribution in [1.82, 2.24) is 10.2 Å². The summed E-state index contributed by atoms with van der Waals surface area (Å²) in [6.45, 7) is 2.30. The van der Waals surface area contributed by atoms with E-state index in [9.17, 15) is 5.11 Å². The summed E-state index contributed by atoms with van der Waals surface area (Å²) >= 11 is 5.85. The summed E-state index contributed by atoms with van der Waals surface area (Å²) in [4.78, 5) is 1.79. The number of alkyl halides is 1. The van der Waals surface area contributed by atoms with E-state index in [2.05, 4.69) is 10.2 Å². The summed E-state index contributed by atoms with van der Waals surface area (Å²) in [5.74, 6) is 0.409. The Balaban J connectivity index is 2.01. The molecule has 96 valence electrons. The van der Waals surface area contributed by atoms with Crippen molar-refractivity contribution in [1.29, 1.82) is 0 Å². The highest BCUT2D eigenvalue weighted by Crippen LogP contribution is 2.31. The Kier molecular flexibility index (Phi) is 3.58. The summed E-state index contributed by atoms with van der Waals surface area (Å²) in [6.07, 6.45) is 3.84. The fourth-order valence-corrected chi connectivity index (χ4v) is 2.33. The molecule has 0 bridgehead atoms. The maximum Gasteiger partial charge on any atom is 0.318 e. The number of hydrogen-bond acceptors (Lipinski definition) is 5. The van der Waals surface area contributed by atoms with E-state index in [0.717, 1.165) is 25.7 Å². The van der Waals surface area contributed by atoms with Gasteiger partial charge in [0.2, 0.25) is 5.89 Å². The molecule has 2 rings (SSSR count). The Morgan fingerprint density at radius 2 is 2.12 bits per heavy atom. The second kappa shape index (κ2) is 4.82. The van der Waals surface area contributed by atoms with Gasteiger partial charge in [-0.2, -0.15) is 0 Å².